The van der Waals surface area contributed by atoms with E-state index < -0.39 is 8.72 Å². The highest BCUT2D eigenvalue weighted by atomic mass is 28.4. The molecule has 0 aromatic rings. The fourth-order valence-electron chi connectivity index (χ4n) is 1.30. The predicted molar refractivity (Wildman–Crippen MR) is 60.8 cm³/mol. The Morgan fingerprint density at radius 2 is 1.71 bits per heavy atom. The molecule has 4 nitrogen and oxygen atoms in total. The van der Waals surface area contributed by atoms with Crippen LogP contribution in [0.25, 0.3) is 0 Å². The fraction of sp³-hybridized carbons (Fsp3) is 1.00. The monoisotopic (exact) mass is 220 g/mol. The predicted octanol–water partition coefficient (Wildman–Crippen LogP) is 1.16. The molecule has 0 heterocycles. The molecule has 0 aromatic heterocycles. The first-order valence-corrected chi connectivity index (χ1v) is 7.11. The molecule has 0 aromatic carbocycles. The van der Waals surface area contributed by atoms with Crippen molar-refractivity contribution < 1.29 is 8.85 Å². The maximum absolute atomic E-state index is 5.70. The molecule has 1 atom stereocenters. The van der Waals surface area contributed by atoms with E-state index in [-0.39, 0.29) is 6.17 Å². The zero-order valence-electron chi connectivity index (χ0n) is 9.96. The summed E-state index contributed by atoms with van der Waals surface area (Å²) in [5.41, 5.74) is 5.70. The van der Waals surface area contributed by atoms with Gasteiger partial charge in [-0.1, -0.05) is 13.8 Å². The Hall–Kier alpha value is 0.0569. The molecule has 0 aliphatic rings. The molecule has 0 spiro atoms. The summed E-state index contributed by atoms with van der Waals surface area (Å²) in [6.45, 7) is 6.28. The van der Waals surface area contributed by atoms with E-state index in [1.807, 2.05) is 6.92 Å². The third-order valence-electron chi connectivity index (χ3n) is 2.16. The van der Waals surface area contributed by atoms with Crippen molar-refractivity contribution in [3.63, 3.8) is 0 Å². The van der Waals surface area contributed by atoms with E-state index in [1.165, 1.54) is 0 Å². The lowest BCUT2D eigenvalue weighted by Gasteiger charge is -2.30. The number of hydrogen-bond acceptors (Lipinski definition) is 4. The van der Waals surface area contributed by atoms with Gasteiger partial charge in [-0.3, -0.25) is 4.98 Å². The Labute approximate surface area is 88.5 Å². The number of rotatable bonds is 7. The van der Waals surface area contributed by atoms with Gasteiger partial charge in [-0.25, -0.2) is 0 Å². The molecule has 0 rings (SSSR count). The largest absolute Gasteiger partial charge is 0.425 e. The Bertz CT molecular complexity index is 150. The summed E-state index contributed by atoms with van der Waals surface area (Å²) in [5, 5.41) is 0. The van der Waals surface area contributed by atoms with Crippen molar-refractivity contribution in [2.75, 3.05) is 14.2 Å². The SMILES string of the molecule is CO[Si](CCC(C)C)(NC(C)N)OC. The summed E-state index contributed by atoms with van der Waals surface area (Å²) in [7, 11) is 1.13. The van der Waals surface area contributed by atoms with Crippen LogP contribution in [0.4, 0.5) is 0 Å². The number of nitrogens with two attached hydrogens (primary N) is 1. The molecule has 0 amide bonds. The summed E-state index contributed by atoms with van der Waals surface area (Å²) in [5.74, 6) is 0.655. The quantitative estimate of drug-likeness (QED) is 0.499. The van der Waals surface area contributed by atoms with E-state index in [9.17, 15) is 0 Å². The summed E-state index contributed by atoms with van der Waals surface area (Å²) in [6, 6.07) is 0.930. The first kappa shape index (κ1) is 14.1. The molecule has 0 saturated heterocycles. The van der Waals surface area contributed by atoms with E-state index in [2.05, 4.69) is 18.8 Å². The lowest BCUT2D eigenvalue weighted by Crippen LogP contribution is -2.60. The van der Waals surface area contributed by atoms with E-state index in [0.29, 0.717) is 5.92 Å². The molecular weight excluding hydrogens is 196 g/mol. The van der Waals surface area contributed by atoms with Crippen LogP contribution in [0, 0.1) is 5.92 Å². The van der Waals surface area contributed by atoms with Crippen LogP contribution < -0.4 is 10.7 Å². The van der Waals surface area contributed by atoms with Gasteiger partial charge in [0.05, 0.1) is 0 Å². The Morgan fingerprint density at radius 1 is 1.21 bits per heavy atom. The van der Waals surface area contributed by atoms with E-state index in [4.69, 9.17) is 14.6 Å². The molecule has 0 radical (unpaired) electrons. The highest BCUT2D eigenvalue weighted by Crippen LogP contribution is 2.15. The van der Waals surface area contributed by atoms with Gasteiger partial charge >= 0.3 is 8.72 Å². The normalized spacial score (nSPS) is 14.8. The molecule has 0 saturated carbocycles. The van der Waals surface area contributed by atoms with Gasteiger partial charge in [-0.05, 0) is 19.3 Å². The van der Waals surface area contributed by atoms with Crippen LogP contribution in [0.3, 0.4) is 0 Å². The average molecular weight is 220 g/mol. The van der Waals surface area contributed by atoms with Crippen molar-refractivity contribution in [3.05, 3.63) is 0 Å². The minimum atomic E-state index is -2.24. The molecule has 1 unspecified atom stereocenters. The van der Waals surface area contributed by atoms with Crippen molar-refractivity contribution in [2.45, 2.75) is 39.4 Å². The van der Waals surface area contributed by atoms with Gasteiger partial charge < -0.3 is 14.6 Å². The molecule has 14 heavy (non-hydrogen) atoms. The van der Waals surface area contributed by atoms with Crippen molar-refractivity contribution in [2.24, 2.45) is 11.7 Å². The topological polar surface area (TPSA) is 56.5 Å². The second-order valence-corrected chi connectivity index (χ2v) is 7.14. The van der Waals surface area contributed by atoms with Crippen LogP contribution in [-0.4, -0.2) is 29.1 Å². The lowest BCUT2D eigenvalue weighted by molar-refractivity contribution is 0.219. The first-order chi connectivity index (χ1) is 6.45. The van der Waals surface area contributed by atoms with Crippen molar-refractivity contribution in [3.8, 4) is 0 Å². The second-order valence-electron chi connectivity index (χ2n) is 4.03. The summed E-state index contributed by atoms with van der Waals surface area (Å²) in [6.07, 6.45) is 1.00. The van der Waals surface area contributed by atoms with Crippen molar-refractivity contribution >= 4 is 8.72 Å². The number of hydrogen-bond donors (Lipinski definition) is 2. The van der Waals surface area contributed by atoms with Gasteiger partial charge in [0.2, 0.25) is 0 Å². The highest BCUT2D eigenvalue weighted by Gasteiger charge is 2.36. The van der Waals surface area contributed by atoms with Crippen LogP contribution in [-0.2, 0) is 8.85 Å². The Kier molecular flexibility index (Phi) is 6.55. The first-order valence-electron chi connectivity index (χ1n) is 5.09. The molecule has 0 aliphatic carbocycles. The van der Waals surface area contributed by atoms with Crippen LogP contribution in [0.2, 0.25) is 6.04 Å². The van der Waals surface area contributed by atoms with Gasteiger partial charge in [0.25, 0.3) is 0 Å². The average Bonchev–Trinajstić information content (AvgIpc) is 2.11. The summed E-state index contributed by atoms with van der Waals surface area (Å²) in [4.78, 5) is 3.22. The van der Waals surface area contributed by atoms with Gasteiger partial charge in [-0.15, -0.1) is 0 Å². The van der Waals surface area contributed by atoms with Gasteiger partial charge in [0, 0.05) is 26.4 Å². The fourth-order valence-corrected chi connectivity index (χ4v) is 3.91. The van der Waals surface area contributed by atoms with Gasteiger partial charge in [0.15, 0.2) is 0 Å². The minimum absolute atomic E-state index is 0.0891. The third kappa shape index (κ3) is 5.07. The van der Waals surface area contributed by atoms with E-state index >= 15 is 0 Å². The molecule has 0 aliphatic heterocycles. The molecule has 86 valence electrons. The highest BCUT2D eigenvalue weighted by molar-refractivity contribution is 6.64. The van der Waals surface area contributed by atoms with Gasteiger partial charge in [-0.2, -0.15) is 0 Å². The van der Waals surface area contributed by atoms with E-state index in [0.717, 1.165) is 12.5 Å². The maximum Gasteiger partial charge on any atom is 0.425 e. The standard InChI is InChI=1S/C9H24N2O2Si/c1-8(2)6-7-14(12-4,13-5)11-9(3)10/h8-9,11H,6-7,10H2,1-5H3. The molecule has 0 bridgehead atoms. The van der Waals surface area contributed by atoms with Crippen LogP contribution in [0.1, 0.15) is 27.2 Å². The van der Waals surface area contributed by atoms with Crippen LogP contribution in [0.5, 0.6) is 0 Å². The Balaban J connectivity index is 4.21. The maximum atomic E-state index is 5.70. The van der Waals surface area contributed by atoms with Crippen molar-refractivity contribution in [1.29, 1.82) is 0 Å². The van der Waals surface area contributed by atoms with Crippen LogP contribution in [0.15, 0.2) is 0 Å². The molecule has 5 heteroatoms. The zero-order chi connectivity index (χ0) is 11.2. The number of nitrogens with one attached hydrogen (secondary N) is 1. The van der Waals surface area contributed by atoms with Crippen molar-refractivity contribution in [1.82, 2.24) is 4.98 Å². The smallest absolute Gasteiger partial charge is 0.386 e. The zero-order valence-corrected chi connectivity index (χ0v) is 11.0. The summed E-state index contributed by atoms with van der Waals surface area (Å²) >= 11 is 0. The van der Waals surface area contributed by atoms with Crippen LogP contribution >= 0.6 is 0 Å². The summed E-state index contributed by atoms with van der Waals surface area (Å²) < 4.78 is 10.9. The molecule has 3 N–H and O–H groups in total. The lowest BCUT2D eigenvalue weighted by atomic mass is 10.2. The Morgan fingerprint density at radius 3 is 2.00 bits per heavy atom. The molecular formula is C9H24N2O2Si. The third-order valence-corrected chi connectivity index (χ3v) is 5.32. The van der Waals surface area contributed by atoms with Gasteiger partial charge in [0.1, 0.15) is 0 Å². The second kappa shape index (κ2) is 6.52. The minimum Gasteiger partial charge on any atom is -0.386 e. The molecule has 0 fully saturated rings. The van der Waals surface area contributed by atoms with E-state index in [1.54, 1.807) is 14.2 Å².